The third-order valence-corrected chi connectivity index (χ3v) is 4.01. The molecule has 0 unspecified atom stereocenters. The van der Waals surface area contributed by atoms with Gasteiger partial charge in [0.05, 0.1) is 4.92 Å². The van der Waals surface area contributed by atoms with Crippen LogP contribution >= 0.6 is 0 Å². The molecule has 8 nitrogen and oxygen atoms in total. The number of hydrogen-bond donors (Lipinski definition) is 0. The van der Waals surface area contributed by atoms with Crippen molar-refractivity contribution in [3.8, 4) is 0 Å². The van der Waals surface area contributed by atoms with E-state index in [1.807, 2.05) is 35.2 Å². The Balaban J connectivity index is 1.55. The Kier molecular flexibility index (Phi) is 5.08. The summed E-state index contributed by atoms with van der Waals surface area (Å²) in [5, 5.41) is 11.1. The predicted molar refractivity (Wildman–Crippen MR) is 91.3 cm³/mol. The molecule has 2 heterocycles. The second kappa shape index (κ2) is 7.61. The zero-order valence-electron chi connectivity index (χ0n) is 13.6. The highest BCUT2D eigenvalue weighted by Crippen LogP contribution is 2.25. The molecule has 0 radical (unpaired) electrons. The highest BCUT2D eigenvalue weighted by Gasteiger charge is 2.27. The van der Waals surface area contributed by atoms with E-state index in [0.717, 1.165) is 5.56 Å². The largest absolute Gasteiger partial charge is 0.445 e. The van der Waals surface area contributed by atoms with Gasteiger partial charge in [-0.2, -0.15) is 0 Å². The number of pyridine rings is 1. The number of nitrogens with zero attached hydrogens (tertiary/aromatic N) is 4. The molecule has 0 N–H and O–H groups in total. The Morgan fingerprint density at radius 2 is 1.84 bits per heavy atom. The molecule has 1 aromatic carbocycles. The smallest absolute Gasteiger partial charge is 0.410 e. The van der Waals surface area contributed by atoms with Crippen molar-refractivity contribution >= 4 is 17.6 Å². The number of ether oxygens (including phenoxy) is 1. The van der Waals surface area contributed by atoms with Gasteiger partial charge in [0.1, 0.15) is 6.61 Å². The van der Waals surface area contributed by atoms with Crippen LogP contribution in [0.4, 0.5) is 16.3 Å². The molecular formula is C17H18N4O4. The van der Waals surface area contributed by atoms with Crippen LogP contribution in [0.25, 0.3) is 0 Å². The summed E-state index contributed by atoms with van der Waals surface area (Å²) >= 11 is 0. The zero-order valence-corrected chi connectivity index (χ0v) is 13.6. The minimum Gasteiger partial charge on any atom is -0.445 e. The first-order valence-corrected chi connectivity index (χ1v) is 7.95. The molecule has 1 aromatic heterocycles. The van der Waals surface area contributed by atoms with E-state index in [4.69, 9.17) is 4.74 Å². The van der Waals surface area contributed by atoms with Gasteiger partial charge in [-0.1, -0.05) is 30.3 Å². The van der Waals surface area contributed by atoms with Crippen LogP contribution in [0.2, 0.25) is 0 Å². The fourth-order valence-electron chi connectivity index (χ4n) is 2.69. The second-order valence-corrected chi connectivity index (χ2v) is 5.62. The average molecular weight is 342 g/mol. The molecule has 25 heavy (non-hydrogen) atoms. The molecule has 1 fully saturated rings. The number of piperazine rings is 1. The summed E-state index contributed by atoms with van der Waals surface area (Å²) in [5.74, 6) is 0.338. The topological polar surface area (TPSA) is 88.8 Å². The first-order chi connectivity index (χ1) is 12.1. The summed E-state index contributed by atoms with van der Waals surface area (Å²) in [6.45, 7) is 2.03. The monoisotopic (exact) mass is 342 g/mol. The molecule has 2 aromatic rings. The molecule has 3 rings (SSSR count). The fraction of sp³-hybridized carbons (Fsp3) is 0.294. The van der Waals surface area contributed by atoms with Crippen molar-refractivity contribution in [3.05, 3.63) is 64.3 Å². The van der Waals surface area contributed by atoms with Gasteiger partial charge in [0.15, 0.2) is 0 Å². The van der Waals surface area contributed by atoms with E-state index in [-0.39, 0.29) is 18.4 Å². The van der Waals surface area contributed by atoms with Gasteiger partial charge in [0.2, 0.25) is 5.82 Å². The predicted octanol–water partition coefficient (Wildman–Crippen LogP) is 2.45. The van der Waals surface area contributed by atoms with Gasteiger partial charge in [-0.05, 0) is 11.6 Å². The quantitative estimate of drug-likeness (QED) is 0.626. The Morgan fingerprint density at radius 3 is 2.52 bits per heavy atom. The molecule has 1 saturated heterocycles. The van der Waals surface area contributed by atoms with Crippen LogP contribution in [0, 0.1) is 10.1 Å². The molecule has 0 spiro atoms. The maximum Gasteiger partial charge on any atom is 0.410 e. The lowest BCUT2D eigenvalue weighted by Crippen LogP contribution is -2.49. The van der Waals surface area contributed by atoms with Crippen LogP contribution in [0.15, 0.2) is 48.7 Å². The third kappa shape index (κ3) is 4.03. The van der Waals surface area contributed by atoms with Gasteiger partial charge in [0.25, 0.3) is 0 Å². The standard InChI is InChI=1S/C17H18N4O4/c22-17(25-13-14-5-2-1-3-6-14)20-11-9-19(10-12-20)16-15(21(23)24)7-4-8-18-16/h1-8H,9-13H2. The maximum absolute atomic E-state index is 12.2. The molecule has 1 aliphatic rings. The van der Waals surface area contributed by atoms with Crippen molar-refractivity contribution in [1.29, 1.82) is 0 Å². The zero-order chi connectivity index (χ0) is 17.6. The van der Waals surface area contributed by atoms with Gasteiger partial charge in [-0.25, -0.2) is 9.78 Å². The highest BCUT2D eigenvalue weighted by atomic mass is 16.6. The van der Waals surface area contributed by atoms with Crippen molar-refractivity contribution < 1.29 is 14.5 Å². The van der Waals surface area contributed by atoms with Crippen molar-refractivity contribution in [1.82, 2.24) is 9.88 Å². The number of nitro groups is 1. The highest BCUT2D eigenvalue weighted by molar-refractivity contribution is 5.68. The van der Waals surface area contributed by atoms with E-state index in [2.05, 4.69) is 4.98 Å². The Bertz CT molecular complexity index is 745. The first kappa shape index (κ1) is 16.7. The third-order valence-electron chi connectivity index (χ3n) is 4.01. The first-order valence-electron chi connectivity index (χ1n) is 7.95. The van der Waals surface area contributed by atoms with E-state index in [0.29, 0.717) is 32.0 Å². The lowest BCUT2D eigenvalue weighted by Gasteiger charge is -2.34. The summed E-state index contributed by atoms with van der Waals surface area (Å²) in [5.41, 5.74) is 0.904. The van der Waals surface area contributed by atoms with Crippen LogP contribution in [0.1, 0.15) is 5.56 Å². The number of carbonyl (C=O) groups excluding carboxylic acids is 1. The number of hydrogen-bond acceptors (Lipinski definition) is 6. The summed E-state index contributed by atoms with van der Waals surface area (Å²) in [6, 6.07) is 12.4. The lowest BCUT2D eigenvalue weighted by molar-refractivity contribution is -0.384. The van der Waals surface area contributed by atoms with E-state index in [1.54, 1.807) is 11.0 Å². The normalized spacial score (nSPS) is 14.2. The molecule has 130 valence electrons. The number of benzene rings is 1. The van der Waals surface area contributed by atoms with Gasteiger partial charge in [0, 0.05) is 38.4 Å². The van der Waals surface area contributed by atoms with Crippen molar-refractivity contribution in [2.24, 2.45) is 0 Å². The van der Waals surface area contributed by atoms with Crippen LogP contribution in [-0.2, 0) is 11.3 Å². The van der Waals surface area contributed by atoms with E-state index in [9.17, 15) is 14.9 Å². The lowest BCUT2D eigenvalue weighted by atomic mass is 10.2. The Labute approximate surface area is 144 Å². The van der Waals surface area contributed by atoms with Crippen LogP contribution in [0.3, 0.4) is 0 Å². The number of rotatable bonds is 4. The Morgan fingerprint density at radius 1 is 1.12 bits per heavy atom. The minimum atomic E-state index is -0.442. The van der Waals surface area contributed by atoms with Gasteiger partial charge in [-0.15, -0.1) is 0 Å². The molecule has 0 atom stereocenters. The number of carbonyl (C=O) groups is 1. The maximum atomic E-state index is 12.2. The van der Waals surface area contributed by atoms with E-state index >= 15 is 0 Å². The SMILES string of the molecule is O=C(OCc1ccccc1)N1CCN(c2ncccc2[N+](=O)[O-])CC1. The second-order valence-electron chi connectivity index (χ2n) is 5.62. The molecule has 1 amide bonds. The molecular weight excluding hydrogens is 324 g/mol. The summed E-state index contributed by atoms with van der Waals surface area (Å²) in [7, 11) is 0. The molecule has 8 heteroatoms. The minimum absolute atomic E-state index is 0.0254. The molecule has 0 aliphatic carbocycles. The van der Waals surface area contributed by atoms with Crippen molar-refractivity contribution in [3.63, 3.8) is 0 Å². The number of anilines is 1. The molecule has 0 saturated carbocycles. The van der Waals surface area contributed by atoms with Crippen LogP contribution in [-0.4, -0.2) is 47.1 Å². The summed E-state index contributed by atoms with van der Waals surface area (Å²) < 4.78 is 5.32. The van der Waals surface area contributed by atoms with Crippen LogP contribution < -0.4 is 4.90 Å². The number of amides is 1. The van der Waals surface area contributed by atoms with Crippen molar-refractivity contribution in [2.45, 2.75) is 6.61 Å². The number of aromatic nitrogens is 1. The van der Waals surface area contributed by atoms with Gasteiger partial charge >= 0.3 is 11.8 Å². The van der Waals surface area contributed by atoms with Crippen LogP contribution in [0.5, 0.6) is 0 Å². The van der Waals surface area contributed by atoms with Crippen molar-refractivity contribution in [2.75, 3.05) is 31.1 Å². The average Bonchev–Trinajstić information content (AvgIpc) is 2.67. The van der Waals surface area contributed by atoms with E-state index in [1.165, 1.54) is 12.3 Å². The van der Waals surface area contributed by atoms with E-state index < -0.39 is 4.92 Å². The van der Waals surface area contributed by atoms with Gasteiger partial charge < -0.3 is 14.5 Å². The fourth-order valence-corrected chi connectivity index (χ4v) is 2.69. The summed E-state index contributed by atoms with van der Waals surface area (Å²) in [4.78, 5) is 30.4. The molecule has 1 aliphatic heterocycles. The molecule has 0 bridgehead atoms. The Hall–Kier alpha value is -3.16. The van der Waals surface area contributed by atoms with Gasteiger partial charge in [-0.3, -0.25) is 10.1 Å². The summed E-state index contributed by atoms with van der Waals surface area (Å²) in [6.07, 6.45) is 1.15.